The lowest BCUT2D eigenvalue weighted by molar-refractivity contribution is -0.117. The first-order valence-electron chi connectivity index (χ1n) is 8.46. The van der Waals surface area contributed by atoms with Gasteiger partial charge in [0.2, 0.25) is 5.91 Å². The van der Waals surface area contributed by atoms with Gasteiger partial charge in [0, 0.05) is 35.1 Å². The van der Waals surface area contributed by atoms with E-state index in [1.807, 2.05) is 42.0 Å². The minimum absolute atomic E-state index is 0.303. The van der Waals surface area contributed by atoms with E-state index in [0.717, 1.165) is 27.7 Å². The molecule has 0 saturated heterocycles. The number of imidazole rings is 1. The zero-order chi connectivity index (χ0) is 17.8. The first-order chi connectivity index (χ1) is 12.6. The van der Waals surface area contributed by atoms with Gasteiger partial charge in [-0.1, -0.05) is 0 Å². The van der Waals surface area contributed by atoms with Crippen LogP contribution < -0.4 is 5.32 Å². The minimum atomic E-state index is -1.02. The summed E-state index contributed by atoms with van der Waals surface area (Å²) in [6.07, 6.45) is 6.73. The van der Waals surface area contributed by atoms with Crippen molar-refractivity contribution in [1.29, 1.82) is 0 Å². The molecule has 6 nitrogen and oxygen atoms in total. The van der Waals surface area contributed by atoms with Gasteiger partial charge in [0.25, 0.3) is 0 Å². The maximum atomic E-state index is 13.0. The highest BCUT2D eigenvalue weighted by Crippen LogP contribution is 2.34. The summed E-state index contributed by atoms with van der Waals surface area (Å²) in [6, 6.07) is 5.95. The fourth-order valence-electron chi connectivity index (χ4n) is 3.17. The molecule has 4 aromatic heterocycles. The Balaban J connectivity index is 1.48. The van der Waals surface area contributed by atoms with Gasteiger partial charge in [0.05, 0.1) is 12.1 Å². The number of fused-ring (bicyclic) bond motifs is 2. The molecule has 1 saturated carbocycles. The largest absolute Gasteiger partial charge is 0.346 e. The molecule has 0 spiro atoms. The third kappa shape index (κ3) is 2.44. The molecule has 2 unspecified atom stereocenters. The number of nitrogens with one attached hydrogen (secondary N) is 2. The van der Waals surface area contributed by atoms with Gasteiger partial charge in [-0.2, -0.15) is 0 Å². The van der Waals surface area contributed by atoms with Gasteiger partial charge in [0.1, 0.15) is 17.5 Å². The number of hydrogen-bond acceptors (Lipinski definition) is 3. The topological polar surface area (TPSA) is 75.1 Å². The number of pyridine rings is 2. The van der Waals surface area contributed by atoms with Gasteiger partial charge in [-0.25, -0.2) is 14.4 Å². The average Bonchev–Trinajstić information content (AvgIpc) is 3.07. The number of carbonyl (C=O) groups excluding carboxylic acids is 1. The number of H-pyrrole nitrogens is 1. The maximum Gasteiger partial charge on any atom is 0.231 e. The molecule has 4 aromatic rings. The second-order valence-electron chi connectivity index (χ2n) is 6.75. The van der Waals surface area contributed by atoms with Crippen molar-refractivity contribution in [3.63, 3.8) is 0 Å². The van der Waals surface area contributed by atoms with E-state index in [1.54, 1.807) is 6.20 Å². The molecule has 1 fully saturated rings. The van der Waals surface area contributed by atoms with E-state index in [1.165, 1.54) is 0 Å². The van der Waals surface area contributed by atoms with Crippen LogP contribution in [-0.4, -0.2) is 31.4 Å². The molecule has 2 atom stereocenters. The average molecular weight is 349 g/mol. The van der Waals surface area contributed by atoms with Crippen molar-refractivity contribution in [3.8, 4) is 11.1 Å². The normalized spacial score (nSPS) is 19.2. The first kappa shape index (κ1) is 15.1. The highest BCUT2D eigenvalue weighted by atomic mass is 19.1. The molecule has 4 heterocycles. The van der Waals surface area contributed by atoms with Crippen LogP contribution in [0.1, 0.15) is 12.0 Å². The molecule has 0 aliphatic heterocycles. The van der Waals surface area contributed by atoms with E-state index >= 15 is 0 Å². The molecule has 2 N–H and O–H groups in total. The van der Waals surface area contributed by atoms with Crippen molar-refractivity contribution >= 4 is 28.4 Å². The molecule has 0 aromatic carbocycles. The number of hydrogen-bond donors (Lipinski definition) is 2. The Morgan fingerprint density at radius 2 is 2.19 bits per heavy atom. The molecular formula is C19H16FN5O. The van der Waals surface area contributed by atoms with Crippen LogP contribution in [0, 0.1) is 12.8 Å². The lowest BCUT2D eigenvalue weighted by Gasteiger charge is -2.03. The lowest BCUT2D eigenvalue weighted by Crippen LogP contribution is -2.15. The zero-order valence-electron chi connectivity index (χ0n) is 14.0. The molecule has 7 heteroatoms. The predicted molar refractivity (Wildman–Crippen MR) is 96.6 cm³/mol. The standard InChI is InChI=1S/C19H16FN5O/c1-10-6-21-18-13(10)4-12(7-22-18)11-2-3-17-23-16(9-25(17)8-11)24-19(26)14-5-15(14)20/h2-4,6-9,14-15H,5H2,1H3,(H,21,22)(H,24,26). The first-order valence-corrected chi connectivity index (χ1v) is 8.46. The summed E-state index contributed by atoms with van der Waals surface area (Å²) in [5.74, 6) is -0.405. The summed E-state index contributed by atoms with van der Waals surface area (Å²) in [4.78, 5) is 23.8. The smallest absolute Gasteiger partial charge is 0.231 e. The van der Waals surface area contributed by atoms with Crippen molar-refractivity contribution in [1.82, 2.24) is 19.4 Å². The van der Waals surface area contributed by atoms with Crippen LogP contribution in [-0.2, 0) is 4.79 Å². The Morgan fingerprint density at radius 3 is 3.00 bits per heavy atom. The third-order valence-electron chi connectivity index (χ3n) is 4.82. The van der Waals surface area contributed by atoms with Gasteiger partial charge in [0.15, 0.2) is 5.82 Å². The van der Waals surface area contributed by atoms with Crippen molar-refractivity contribution in [2.24, 2.45) is 5.92 Å². The highest BCUT2D eigenvalue weighted by Gasteiger charge is 2.43. The van der Waals surface area contributed by atoms with Crippen LogP contribution in [0.3, 0.4) is 0 Å². The Morgan fingerprint density at radius 1 is 1.35 bits per heavy atom. The quantitative estimate of drug-likeness (QED) is 0.595. The lowest BCUT2D eigenvalue weighted by atomic mass is 10.1. The number of carbonyl (C=O) groups is 1. The molecule has 26 heavy (non-hydrogen) atoms. The number of alkyl halides is 1. The van der Waals surface area contributed by atoms with E-state index in [2.05, 4.69) is 26.3 Å². The van der Waals surface area contributed by atoms with Crippen LogP contribution in [0.4, 0.5) is 10.2 Å². The molecule has 1 aliphatic rings. The fraction of sp³-hybridized carbons (Fsp3) is 0.211. The van der Waals surface area contributed by atoms with Gasteiger partial charge in [-0.05, 0) is 37.1 Å². The number of anilines is 1. The SMILES string of the molecule is Cc1c[nH]c2ncc(-c3ccc4nc(NC(=O)C5CC5F)cn4c3)cc12. The van der Waals surface area contributed by atoms with Gasteiger partial charge < -0.3 is 14.7 Å². The van der Waals surface area contributed by atoms with Crippen LogP contribution in [0.5, 0.6) is 0 Å². The summed E-state index contributed by atoms with van der Waals surface area (Å²) in [5, 5.41) is 3.77. The highest BCUT2D eigenvalue weighted by molar-refractivity contribution is 5.94. The number of halogens is 1. The van der Waals surface area contributed by atoms with E-state index in [-0.39, 0.29) is 5.91 Å². The summed E-state index contributed by atoms with van der Waals surface area (Å²) in [7, 11) is 0. The number of nitrogens with zero attached hydrogens (tertiary/aromatic N) is 3. The maximum absolute atomic E-state index is 13.0. The molecular weight excluding hydrogens is 333 g/mol. The molecule has 1 amide bonds. The van der Waals surface area contributed by atoms with Crippen molar-refractivity contribution in [2.75, 3.05) is 5.32 Å². The summed E-state index contributed by atoms with van der Waals surface area (Å²) in [5.41, 5.74) is 4.72. The molecule has 1 aliphatic carbocycles. The Labute approximate surface area is 148 Å². The van der Waals surface area contributed by atoms with Crippen LogP contribution in [0.2, 0.25) is 0 Å². The van der Waals surface area contributed by atoms with Crippen molar-refractivity contribution in [3.05, 3.63) is 48.5 Å². The van der Waals surface area contributed by atoms with Crippen LogP contribution in [0.15, 0.2) is 43.0 Å². The van der Waals surface area contributed by atoms with Gasteiger partial charge >= 0.3 is 0 Å². The third-order valence-corrected chi connectivity index (χ3v) is 4.82. The van der Waals surface area contributed by atoms with E-state index in [9.17, 15) is 9.18 Å². The Bertz CT molecular complexity index is 1160. The molecule has 0 bridgehead atoms. The molecule has 0 radical (unpaired) electrons. The Hall–Kier alpha value is -3.22. The second kappa shape index (κ2) is 5.39. The Kier molecular flexibility index (Phi) is 3.12. The predicted octanol–water partition coefficient (Wildman–Crippen LogP) is 3.48. The fourth-order valence-corrected chi connectivity index (χ4v) is 3.17. The number of aromatic nitrogens is 4. The number of aryl methyl sites for hydroxylation is 1. The van der Waals surface area contributed by atoms with Gasteiger partial charge in [-0.3, -0.25) is 4.79 Å². The number of rotatable bonds is 3. The van der Waals surface area contributed by atoms with Crippen LogP contribution >= 0.6 is 0 Å². The van der Waals surface area contributed by atoms with E-state index in [0.29, 0.717) is 17.9 Å². The minimum Gasteiger partial charge on any atom is -0.346 e. The molecule has 130 valence electrons. The van der Waals surface area contributed by atoms with Gasteiger partial charge in [-0.15, -0.1) is 0 Å². The summed E-state index contributed by atoms with van der Waals surface area (Å²) < 4.78 is 14.8. The summed E-state index contributed by atoms with van der Waals surface area (Å²) >= 11 is 0. The summed E-state index contributed by atoms with van der Waals surface area (Å²) in [6.45, 7) is 2.04. The number of amides is 1. The van der Waals surface area contributed by atoms with Crippen molar-refractivity contribution < 1.29 is 9.18 Å². The van der Waals surface area contributed by atoms with E-state index < -0.39 is 12.1 Å². The van der Waals surface area contributed by atoms with Crippen molar-refractivity contribution in [2.45, 2.75) is 19.5 Å². The number of aromatic amines is 1. The van der Waals surface area contributed by atoms with E-state index in [4.69, 9.17) is 0 Å². The monoisotopic (exact) mass is 349 g/mol. The zero-order valence-corrected chi connectivity index (χ0v) is 14.0. The second-order valence-corrected chi connectivity index (χ2v) is 6.75. The molecule has 5 rings (SSSR count). The van der Waals surface area contributed by atoms with Crippen LogP contribution in [0.25, 0.3) is 27.8 Å².